The topological polar surface area (TPSA) is 77.0 Å². The summed E-state index contributed by atoms with van der Waals surface area (Å²) in [6, 6.07) is 2.44. The first-order valence-corrected chi connectivity index (χ1v) is 5.94. The Hall–Kier alpha value is -0.920. The first kappa shape index (κ1) is 10.6. The second-order valence-corrected chi connectivity index (χ2v) is 4.70. The van der Waals surface area contributed by atoms with Crippen molar-refractivity contribution in [2.75, 3.05) is 5.32 Å². The number of nitrogens with zero attached hydrogens (tertiary/aromatic N) is 2. The van der Waals surface area contributed by atoms with Crippen molar-refractivity contribution >= 4 is 33.3 Å². The maximum absolute atomic E-state index is 5.35. The van der Waals surface area contributed by atoms with E-state index >= 15 is 0 Å². The molecule has 0 radical (unpaired) electrons. The summed E-state index contributed by atoms with van der Waals surface area (Å²) < 4.78 is 6.28. The summed E-state index contributed by atoms with van der Waals surface area (Å²) >= 11 is 5.05. The highest BCUT2D eigenvalue weighted by atomic mass is 79.9. The van der Waals surface area contributed by atoms with Gasteiger partial charge in [-0.3, -0.25) is 0 Å². The molecule has 0 fully saturated rings. The molecule has 7 heteroatoms. The third kappa shape index (κ3) is 2.77. The first-order valence-electron chi connectivity index (χ1n) is 4.27. The van der Waals surface area contributed by atoms with Crippen molar-refractivity contribution in [1.82, 2.24) is 10.2 Å². The SMILES string of the molecule is NCc1nnc(NCc2cc(Br)cs2)o1. The maximum Gasteiger partial charge on any atom is 0.315 e. The Morgan fingerprint density at radius 1 is 1.53 bits per heavy atom. The molecule has 0 atom stereocenters. The minimum absolute atomic E-state index is 0.263. The summed E-state index contributed by atoms with van der Waals surface area (Å²) in [5.41, 5.74) is 5.35. The number of anilines is 1. The molecule has 0 saturated heterocycles. The fourth-order valence-corrected chi connectivity index (χ4v) is 2.41. The highest BCUT2D eigenvalue weighted by Gasteiger charge is 2.04. The average molecular weight is 289 g/mol. The number of hydrogen-bond donors (Lipinski definition) is 2. The lowest BCUT2D eigenvalue weighted by Crippen LogP contribution is -1.97. The van der Waals surface area contributed by atoms with E-state index in [-0.39, 0.29) is 6.54 Å². The Bertz CT molecular complexity index is 441. The van der Waals surface area contributed by atoms with Gasteiger partial charge in [-0.1, -0.05) is 5.10 Å². The molecule has 2 heterocycles. The van der Waals surface area contributed by atoms with E-state index in [4.69, 9.17) is 10.2 Å². The summed E-state index contributed by atoms with van der Waals surface area (Å²) in [6.07, 6.45) is 0. The molecule has 2 rings (SSSR count). The molecule has 2 aromatic rings. The molecule has 15 heavy (non-hydrogen) atoms. The molecule has 0 saturated carbocycles. The van der Waals surface area contributed by atoms with Gasteiger partial charge in [-0.15, -0.1) is 16.4 Å². The standard InChI is InChI=1S/C8H9BrN4OS/c9-5-1-6(15-4-5)3-11-8-13-12-7(2-10)14-8/h1,4H,2-3,10H2,(H,11,13). The number of rotatable bonds is 4. The van der Waals surface area contributed by atoms with Crippen molar-refractivity contribution in [3.8, 4) is 0 Å². The van der Waals surface area contributed by atoms with E-state index in [1.807, 2.05) is 11.4 Å². The van der Waals surface area contributed by atoms with E-state index in [9.17, 15) is 0 Å². The summed E-state index contributed by atoms with van der Waals surface area (Å²) in [7, 11) is 0. The Morgan fingerprint density at radius 2 is 2.40 bits per heavy atom. The number of nitrogens with two attached hydrogens (primary N) is 1. The zero-order valence-corrected chi connectivity index (χ0v) is 10.1. The van der Waals surface area contributed by atoms with Crippen LogP contribution in [0.1, 0.15) is 10.8 Å². The molecule has 2 aromatic heterocycles. The highest BCUT2D eigenvalue weighted by Crippen LogP contribution is 2.20. The fraction of sp³-hybridized carbons (Fsp3) is 0.250. The lowest BCUT2D eigenvalue weighted by atomic mass is 10.5. The predicted molar refractivity (Wildman–Crippen MR) is 61.5 cm³/mol. The Labute approximate surface area is 98.8 Å². The monoisotopic (exact) mass is 288 g/mol. The molecule has 80 valence electrons. The van der Waals surface area contributed by atoms with Crippen molar-refractivity contribution in [2.45, 2.75) is 13.1 Å². The van der Waals surface area contributed by atoms with Gasteiger partial charge in [0.25, 0.3) is 0 Å². The molecule has 5 nitrogen and oxygen atoms in total. The van der Waals surface area contributed by atoms with Crippen molar-refractivity contribution in [3.05, 3.63) is 26.7 Å². The Balaban J connectivity index is 1.93. The molecule has 0 unspecified atom stereocenters. The minimum atomic E-state index is 0.263. The van der Waals surface area contributed by atoms with Crippen molar-refractivity contribution in [3.63, 3.8) is 0 Å². The van der Waals surface area contributed by atoms with Gasteiger partial charge in [0.05, 0.1) is 13.1 Å². The van der Waals surface area contributed by atoms with E-state index in [0.29, 0.717) is 18.5 Å². The van der Waals surface area contributed by atoms with Gasteiger partial charge in [-0.2, -0.15) is 0 Å². The minimum Gasteiger partial charge on any atom is -0.407 e. The summed E-state index contributed by atoms with van der Waals surface area (Å²) in [5, 5.41) is 12.6. The largest absolute Gasteiger partial charge is 0.407 e. The summed E-state index contributed by atoms with van der Waals surface area (Å²) in [5.74, 6) is 0.435. The van der Waals surface area contributed by atoms with Crippen LogP contribution >= 0.6 is 27.3 Å². The smallest absolute Gasteiger partial charge is 0.315 e. The third-order valence-electron chi connectivity index (χ3n) is 1.68. The van der Waals surface area contributed by atoms with Gasteiger partial charge in [-0.05, 0) is 22.0 Å². The van der Waals surface area contributed by atoms with E-state index in [0.717, 1.165) is 4.47 Å². The lowest BCUT2D eigenvalue weighted by molar-refractivity contribution is 0.507. The molecule has 0 aliphatic rings. The number of aromatic nitrogens is 2. The number of halogens is 1. The van der Waals surface area contributed by atoms with Crippen molar-refractivity contribution < 1.29 is 4.42 Å². The van der Waals surface area contributed by atoms with Crippen LogP contribution in [0.3, 0.4) is 0 Å². The molecule has 0 amide bonds. The van der Waals surface area contributed by atoms with Crippen LogP contribution in [-0.4, -0.2) is 10.2 Å². The van der Waals surface area contributed by atoms with Gasteiger partial charge in [-0.25, -0.2) is 0 Å². The maximum atomic E-state index is 5.35. The second-order valence-electron chi connectivity index (χ2n) is 2.79. The van der Waals surface area contributed by atoms with E-state index in [1.54, 1.807) is 11.3 Å². The second kappa shape index (κ2) is 4.73. The Morgan fingerprint density at radius 3 is 3.00 bits per heavy atom. The summed E-state index contributed by atoms with van der Waals surface area (Å²) in [4.78, 5) is 1.19. The van der Waals surface area contributed by atoms with Gasteiger partial charge >= 0.3 is 6.01 Å². The first-order chi connectivity index (χ1) is 7.28. The van der Waals surface area contributed by atoms with Gasteiger partial charge in [0.15, 0.2) is 0 Å². The van der Waals surface area contributed by atoms with Crippen LogP contribution in [0.4, 0.5) is 6.01 Å². The third-order valence-corrected chi connectivity index (χ3v) is 3.37. The van der Waals surface area contributed by atoms with Crippen molar-refractivity contribution in [2.24, 2.45) is 5.73 Å². The van der Waals surface area contributed by atoms with E-state index in [1.165, 1.54) is 4.88 Å². The van der Waals surface area contributed by atoms with Crippen LogP contribution in [0.25, 0.3) is 0 Å². The van der Waals surface area contributed by atoms with Crippen LogP contribution in [0.5, 0.6) is 0 Å². The van der Waals surface area contributed by atoms with Crippen LogP contribution in [0.15, 0.2) is 20.3 Å². The van der Waals surface area contributed by atoms with E-state index < -0.39 is 0 Å². The zero-order valence-electron chi connectivity index (χ0n) is 7.74. The van der Waals surface area contributed by atoms with Crippen LogP contribution < -0.4 is 11.1 Å². The molecule has 0 spiro atoms. The highest BCUT2D eigenvalue weighted by molar-refractivity contribution is 9.10. The van der Waals surface area contributed by atoms with E-state index in [2.05, 4.69) is 31.4 Å². The van der Waals surface area contributed by atoms with Gasteiger partial charge in [0.1, 0.15) is 0 Å². The number of nitrogens with one attached hydrogen (secondary N) is 1. The molecule has 3 N–H and O–H groups in total. The molecular weight excluding hydrogens is 280 g/mol. The predicted octanol–water partition coefficient (Wildman–Crippen LogP) is 1.96. The normalized spacial score (nSPS) is 10.5. The molecular formula is C8H9BrN4OS. The van der Waals surface area contributed by atoms with Crippen LogP contribution in [0, 0.1) is 0 Å². The van der Waals surface area contributed by atoms with Gasteiger partial charge in [0.2, 0.25) is 5.89 Å². The van der Waals surface area contributed by atoms with Gasteiger partial charge in [0, 0.05) is 14.7 Å². The molecule has 0 aliphatic heterocycles. The average Bonchev–Trinajstić information content (AvgIpc) is 2.83. The lowest BCUT2D eigenvalue weighted by Gasteiger charge is -1.96. The molecule has 0 bridgehead atoms. The number of hydrogen-bond acceptors (Lipinski definition) is 6. The summed E-state index contributed by atoms with van der Waals surface area (Å²) in [6.45, 7) is 0.932. The fourth-order valence-electron chi connectivity index (χ4n) is 1.02. The quantitative estimate of drug-likeness (QED) is 0.899. The van der Waals surface area contributed by atoms with Crippen LogP contribution in [0.2, 0.25) is 0 Å². The zero-order chi connectivity index (χ0) is 10.7. The van der Waals surface area contributed by atoms with Crippen molar-refractivity contribution in [1.29, 1.82) is 0 Å². The molecule has 0 aromatic carbocycles. The number of thiophene rings is 1. The Kier molecular flexibility index (Phi) is 3.34. The van der Waals surface area contributed by atoms with Crippen LogP contribution in [-0.2, 0) is 13.1 Å². The van der Waals surface area contributed by atoms with Gasteiger partial charge < -0.3 is 15.5 Å². The molecule has 0 aliphatic carbocycles.